The van der Waals surface area contributed by atoms with Crippen LogP contribution in [0.15, 0.2) is 0 Å². The van der Waals surface area contributed by atoms with E-state index in [0.717, 1.165) is 19.4 Å². The van der Waals surface area contributed by atoms with Crippen molar-refractivity contribution in [3.63, 3.8) is 0 Å². The van der Waals surface area contributed by atoms with Crippen LogP contribution in [-0.2, 0) is 19.2 Å². The molecule has 1 saturated heterocycles. The number of carbonyl (C=O) groups is 4. The number of amides is 3. The van der Waals surface area contributed by atoms with E-state index in [1.807, 2.05) is 27.7 Å². The van der Waals surface area contributed by atoms with Gasteiger partial charge in [-0.15, -0.1) is 0 Å². The molecule has 0 aliphatic carbocycles. The van der Waals surface area contributed by atoms with Crippen molar-refractivity contribution >= 4 is 24.0 Å². The molecule has 3 amide bonds. The maximum absolute atomic E-state index is 12.8. The Hall–Kier alpha value is -1.96. The minimum atomic E-state index is -0.742. The highest BCUT2D eigenvalue weighted by atomic mass is 16.2. The van der Waals surface area contributed by atoms with E-state index in [-0.39, 0.29) is 36.2 Å². The highest BCUT2D eigenvalue weighted by Crippen LogP contribution is 2.11. The molecule has 1 fully saturated rings. The van der Waals surface area contributed by atoms with E-state index in [1.165, 1.54) is 0 Å². The molecule has 27 heavy (non-hydrogen) atoms. The van der Waals surface area contributed by atoms with Crippen molar-refractivity contribution in [1.82, 2.24) is 21.3 Å². The Morgan fingerprint density at radius 1 is 1.00 bits per heavy atom. The molecule has 0 saturated carbocycles. The minimum Gasteiger partial charge on any atom is -0.348 e. The smallest absolute Gasteiger partial charge is 0.243 e. The molecule has 0 unspecified atom stereocenters. The summed E-state index contributed by atoms with van der Waals surface area (Å²) in [5.74, 6) is -0.569. The van der Waals surface area contributed by atoms with Gasteiger partial charge in [-0.2, -0.15) is 0 Å². The first-order chi connectivity index (χ1) is 12.7. The maximum Gasteiger partial charge on any atom is 0.243 e. The Morgan fingerprint density at radius 2 is 1.59 bits per heavy atom. The molecule has 154 valence electrons. The van der Waals surface area contributed by atoms with Crippen LogP contribution in [-0.4, -0.2) is 55.2 Å². The van der Waals surface area contributed by atoms with Crippen molar-refractivity contribution < 1.29 is 19.2 Å². The number of rotatable bonds is 11. The third kappa shape index (κ3) is 8.51. The summed E-state index contributed by atoms with van der Waals surface area (Å²) >= 11 is 0. The summed E-state index contributed by atoms with van der Waals surface area (Å²) in [4.78, 5) is 48.0. The second kappa shape index (κ2) is 11.7. The van der Waals surface area contributed by atoms with Gasteiger partial charge < -0.3 is 26.1 Å². The van der Waals surface area contributed by atoms with Crippen LogP contribution < -0.4 is 21.3 Å². The van der Waals surface area contributed by atoms with Gasteiger partial charge >= 0.3 is 0 Å². The van der Waals surface area contributed by atoms with Crippen LogP contribution in [0.3, 0.4) is 0 Å². The molecule has 8 nitrogen and oxygen atoms in total. The quantitative estimate of drug-likeness (QED) is 0.379. The number of nitrogens with one attached hydrogen (secondary N) is 4. The predicted molar refractivity (Wildman–Crippen MR) is 103 cm³/mol. The SMILES string of the molecule is CC(C)C[C@H](NC(=O)[C@H](CC(C)C)NC(=O)[C@@H]1CCCN1)C(=O)NCC=O. The molecule has 0 aromatic rings. The minimum absolute atomic E-state index is 0.0944. The zero-order chi connectivity index (χ0) is 20.4. The summed E-state index contributed by atoms with van der Waals surface area (Å²) in [7, 11) is 0. The lowest BCUT2D eigenvalue weighted by molar-refractivity contribution is -0.133. The van der Waals surface area contributed by atoms with Gasteiger partial charge in [-0.3, -0.25) is 14.4 Å². The second-order valence-corrected chi connectivity index (χ2v) is 7.94. The van der Waals surface area contributed by atoms with Crippen LogP contribution in [0.1, 0.15) is 53.4 Å². The molecule has 1 aliphatic rings. The second-order valence-electron chi connectivity index (χ2n) is 7.94. The predicted octanol–water partition coefficient (Wildman–Crippen LogP) is 0.115. The molecule has 0 radical (unpaired) electrons. The maximum atomic E-state index is 12.8. The lowest BCUT2D eigenvalue weighted by atomic mass is 9.99. The molecule has 3 atom stereocenters. The van der Waals surface area contributed by atoms with Gasteiger partial charge in [-0.05, 0) is 44.1 Å². The number of aldehydes is 1. The number of hydrogen-bond donors (Lipinski definition) is 4. The monoisotopic (exact) mass is 382 g/mol. The largest absolute Gasteiger partial charge is 0.348 e. The molecule has 0 bridgehead atoms. The normalized spacial score (nSPS) is 18.8. The molecule has 1 heterocycles. The van der Waals surface area contributed by atoms with Gasteiger partial charge in [0.15, 0.2) is 0 Å². The van der Waals surface area contributed by atoms with Crippen LogP contribution in [0, 0.1) is 11.8 Å². The molecule has 0 spiro atoms. The van der Waals surface area contributed by atoms with Crippen LogP contribution >= 0.6 is 0 Å². The van der Waals surface area contributed by atoms with Crippen LogP contribution in [0.2, 0.25) is 0 Å². The number of hydrogen-bond acceptors (Lipinski definition) is 5. The van der Waals surface area contributed by atoms with Crippen molar-refractivity contribution in [1.29, 1.82) is 0 Å². The first kappa shape index (κ1) is 23.1. The van der Waals surface area contributed by atoms with Crippen LogP contribution in [0.4, 0.5) is 0 Å². The number of carbonyl (C=O) groups excluding carboxylic acids is 4. The van der Waals surface area contributed by atoms with Gasteiger partial charge in [0.25, 0.3) is 0 Å². The van der Waals surface area contributed by atoms with Crippen molar-refractivity contribution in [3.05, 3.63) is 0 Å². The summed E-state index contributed by atoms with van der Waals surface area (Å²) < 4.78 is 0. The summed E-state index contributed by atoms with van der Waals surface area (Å²) in [6.07, 6.45) is 3.22. The highest BCUT2D eigenvalue weighted by molar-refractivity contribution is 5.93. The Kier molecular flexibility index (Phi) is 9.99. The Bertz CT molecular complexity index is 516. The summed E-state index contributed by atoms with van der Waals surface area (Å²) in [5.41, 5.74) is 0. The molecular formula is C19H34N4O4. The Morgan fingerprint density at radius 3 is 2.07 bits per heavy atom. The zero-order valence-electron chi connectivity index (χ0n) is 16.8. The van der Waals surface area contributed by atoms with E-state index >= 15 is 0 Å². The molecule has 4 N–H and O–H groups in total. The van der Waals surface area contributed by atoms with Crippen molar-refractivity contribution in [3.8, 4) is 0 Å². The fraction of sp³-hybridized carbons (Fsp3) is 0.789. The van der Waals surface area contributed by atoms with Gasteiger partial charge in [0, 0.05) is 0 Å². The van der Waals surface area contributed by atoms with E-state index in [0.29, 0.717) is 19.1 Å². The van der Waals surface area contributed by atoms with Crippen molar-refractivity contribution in [2.45, 2.75) is 71.5 Å². The van der Waals surface area contributed by atoms with E-state index in [9.17, 15) is 19.2 Å². The molecule has 8 heteroatoms. The highest BCUT2D eigenvalue weighted by Gasteiger charge is 2.30. The van der Waals surface area contributed by atoms with Crippen molar-refractivity contribution in [2.24, 2.45) is 11.8 Å². The molecule has 0 aromatic heterocycles. The lowest BCUT2D eigenvalue weighted by Gasteiger charge is -2.25. The van der Waals surface area contributed by atoms with E-state index in [1.54, 1.807) is 0 Å². The standard InChI is InChI=1S/C19H34N4O4/c1-12(2)10-15(17(25)21-8-9-24)22-19(27)16(11-13(3)4)23-18(26)14-6-5-7-20-14/h9,12-16,20H,5-8,10-11H2,1-4H3,(H,21,25)(H,22,27)(H,23,26)/t14-,15-,16-/m0/s1. The third-order valence-electron chi connectivity index (χ3n) is 4.42. The molecule has 1 rings (SSSR count). The molecule has 1 aliphatic heterocycles. The lowest BCUT2D eigenvalue weighted by Crippen LogP contribution is -2.56. The zero-order valence-corrected chi connectivity index (χ0v) is 16.8. The van der Waals surface area contributed by atoms with Crippen molar-refractivity contribution in [2.75, 3.05) is 13.1 Å². The van der Waals surface area contributed by atoms with E-state index in [2.05, 4.69) is 21.3 Å². The van der Waals surface area contributed by atoms with Gasteiger partial charge in [-0.1, -0.05) is 27.7 Å². The summed E-state index contributed by atoms with van der Waals surface area (Å²) in [5, 5.41) is 11.2. The van der Waals surface area contributed by atoms with Gasteiger partial charge in [0.2, 0.25) is 17.7 Å². The third-order valence-corrected chi connectivity index (χ3v) is 4.42. The van der Waals surface area contributed by atoms with Crippen LogP contribution in [0.25, 0.3) is 0 Å². The topological polar surface area (TPSA) is 116 Å². The van der Waals surface area contributed by atoms with Crippen LogP contribution in [0.5, 0.6) is 0 Å². The Labute approximate surface area is 161 Å². The average molecular weight is 383 g/mol. The molecular weight excluding hydrogens is 348 g/mol. The van der Waals surface area contributed by atoms with Gasteiger partial charge in [0.1, 0.15) is 18.4 Å². The van der Waals surface area contributed by atoms with Gasteiger partial charge in [0.05, 0.1) is 12.6 Å². The van der Waals surface area contributed by atoms with E-state index in [4.69, 9.17) is 0 Å². The first-order valence-corrected chi connectivity index (χ1v) is 9.80. The molecule has 0 aromatic carbocycles. The first-order valence-electron chi connectivity index (χ1n) is 9.80. The average Bonchev–Trinajstić information content (AvgIpc) is 3.12. The summed E-state index contributed by atoms with van der Waals surface area (Å²) in [6.45, 7) is 8.55. The Balaban J connectivity index is 2.78. The van der Waals surface area contributed by atoms with E-state index < -0.39 is 18.0 Å². The summed E-state index contributed by atoms with van der Waals surface area (Å²) in [6, 6.07) is -1.71. The fourth-order valence-electron chi connectivity index (χ4n) is 3.12. The fourth-order valence-corrected chi connectivity index (χ4v) is 3.12. The van der Waals surface area contributed by atoms with Gasteiger partial charge in [-0.25, -0.2) is 0 Å².